The molecule has 1 aromatic heterocycles. The van der Waals surface area contributed by atoms with Crippen molar-refractivity contribution in [3.63, 3.8) is 0 Å². The molecule has 1 aliphatic heterocycles. The Hall–Kier alpha value is -1.83. The third-order valence-electron chi connectivity index (χ3n) is 3.34. The van der Waals surface area contributed by atoms with E-state index in [-0.39, 0.29) is 0 Å². The average Bonchev–Trinajstić information content (AvgIpc) is 2.40. The van der Waals surface area contributed by atoms with Crippen LogP contribution in [0.5, 0.6) is 0 Å². The van der Waals surface area contributed by atoms with Crippen molar-refractivity contribution in [2.75, 3.05) is 5.32 Å². The van der Waals surface area contributed by atoms with E-state index in [1.54, 1.807) is 0 Å². The van der Waals surface area contributed by atoms with Crippen LogP contribution in [0.2, 0.25) is 0 Å². The van der Waals surface area contributed by atoms with Crippen LogP contribution in [0.1, 0.15) is 17.5 Å². The molecule has 0 bridgehead atoms. The van der Waals surface area contributed by atoms with Crippen LogP contribution >= 0.6 is 0 Å². The van der Waals surface area contributed by atoms with Gasteiger partial charge in [0.1, 0.15) is 0 Å². The molecule has 0 fully saturated rings. The summed E-state index contributed by atoms with van der Waals surface area (Å²) in [4.78, 5) is 4.17. The van der Waals surface area contributed by atoms with Gasteiger partial charge in [0.15, 0.2) is 0 Å². The second kappa shape index (κ2) is 4.58. The molecule has 1 N–H and O–H groups in total. The molecule has 17 heavy (non-hydrogen) atoms. The van der Waals surface area contributed by atoms with E-state index in [2.05, 4.69) is 40.6 Å². The molecule has 1 aliphatic rings. The minimum Gasteiger partial charge on any atom is -0.382 e. The van der Waals surface area contributed by atoms with E-state index in [0.29, 0.717) is 6.04 Å². The molecule has 0 saturated carbocycles. The lowest BCUT2D eigenvalue weighted by Crippen LogP contribution is -2.27. The van der Waals surface area contributed by atoms with E-state index in [1.165, 1.54) is 29.7 Å². The van der Waals surface area contributed by atoms with Gasteiger partial charge in [-0.2, -0.15) is 0 Å². The van der Waals surface area contributed by atoms with Crippen LogP contribution in [0.4, 0.5) is 5.69 Å². The van der Waals surface area contributed by atoms with Crippen LogP contribution in [-0.2, 0) is 12.8 Å². The SMILES string of the molecule is c1cncc(CC2CCc3ccccc3N2)c1. The second-order valence-corrected chi connectivity index (χ2v) is 4.60. The number of fused-ring (bicyclic) bond motifs is 1. The Balaban J connectivity index is 1.72. The minimum atomic E-state index is 0.536. The number of nitrogens with zero attached hydrogens (tertiary/aromatic N) is 1. The zero-order valence-corrected chi connectivity index (χ0v) is 9.76. The number of para-hydroxylation sites is 1. The fraction of sp³-hybridized carbons (Fsp3) is 0.267. The summed E-state index contributed by atoms with van der Waals surface area (Å²) in [7, 11) is 0. The smallest absolute Gasteiger partial charge is 0.0374 e. The summed E-state index contributed by atoms with van der Waals surface area (Å²) >= 11 is 0. The zero-order chi connectivity index (χ0) is 11.5. The maximum atomic E-state index is 4.17. The number of hydrogen-bond donors (Lipinski definition) is 1. The van der Waals surface area contributed by atoms with Crippen molar-refractivity contribution < 1.29 is 0 Å². The monoisotopic (exact) mass is 224 g/mol. The van der Waals surface area contributed by atoms with Crippen molar-refractivity contribution >= 4 is 5.69 Å². The lowest BCUT2D eigenvalue weighted by atomic mass is 9.94. The number of rotatable bonds is 2. The first-order valence-electron chi connectivity index (χ1n) is 6.15. The van der Waals surface area contributed by atoms with Gasteiger partial charge >= 0.3 is 0 Å². The Morgan fingerprint density at radius 3 is 3.00 bits per heavy atom. The number of hydrogen-bond acceptors (Lipinski definition) is 2. The standard InChI is InChI=1S/C15H16N2/c1-2-6-15-13(5-1)7-8-14(17-15)10-12-4-3-9-16-11-12/h1-6,9,11,14,17H,7-8,10H2. The van der Waals surface area contributed by atoms with Crippen LogP contribution < -0.4 is 5.32 Å². The Kier molecular flexibility index (Phi) is 2.78. The number of aryl methyl sites for hydroxylation is 1. The molecule has 3 rings (SSSR count). The topological polar surface area (TPSA) is 24.9 Å². The number of nitrogens with one attached hydrogen (secondary N) is 1. The summed E-state index contributed by atoms with van der Waals surface area (Å²) in [6, 6.07) is 13.3. The third-order valence-corrected chi connectivity index (χ3v) is 3.34. The van der Waals surface area contributed by atoms with Gasteiger partial charge in [0.05, 0.1) is 0 Å². The number of pyridine rings is 1. The lowest BCUT2D eigenvalue weighted by Gasteiger charge is -2.27. The number of anilines is 1. The highest BCUT2D eigenvalue weighted by molar-refractivity contribution is 5.53. The van der Waals surface area contributed by atoms with Crippen molar-refractivity contribution in [3.8, 4) is 0 Å². The molecule has 0 saturated heterocycles. The van der Waals surface area contributed by atoms with Gasteiger partial charge in [0, 0.05) is 24.1 Å². The molecule has 0 aliphatic carbocycles. The Labute approximate surface area is 102 Å². The first-order chi connectivity index (χ1) is 8.42. The van der Waals surface area contributed by atoms with Gasteiger partial charge in [-0.15, -0.1) is 0 Å². The second-order valence-electron chi connectivity index (χ2n) is 4.60. The van der Waals surface area contributed by atoms with Gasteiger partial charge in [0.2, 0.25) is 0 Å². The van der Waals surface area contributed by atoms with Gasteiger partial charge in [-0.25, -0.2) is 0 Å². The predicted molar refractivity (Wildman–Crippen MR) is 70.1 cm³/mol. The van der Waals surface area contributed by atoms with E-state index in [9.17, 15) is 0 Å². The molecule has 1 atom stereocenters. The maximum Gasteiger partial charge on any atom is 0.0374 e. The van der Waals surface area contributed by atoms with E-state index in [0.717, 1.165) is 6.42 Å². The Morgan fingerprint density at radius 1 is 1.18 bits per heavy atom. The minimum absolute atomic E-state index is 0.536. The maximum absolute atomic E-state index is 4.17. The molecule has 2 heteroatoms. The predicted octanol–water partition coefficient (Wildman–Crippen LogP) is 3.05. The fourth-order valence-corrected chi connectivity index (χ4v) is 2.46. The summed E-state index contributed by atoms with van der Waals surface area (Å²) in [6.07, 6.45) is 7.22. The van der Waals surface area contributed by atoms with Gasteiger partial charge in [-0.1, -0.05) is 24.3 Å². The van der Waals surface area contributed by atoms with Crippen LogP contribution in [-0.4, -0.2) is 11.0 Å². The molecular formula is C15H16N2. The Bertz CT molecular complexity index is 493. The first kappa shape index (κ1) is 10.3. The quantitative estimate of drug-likeness (QED) is 0.848. The van der Waals surface area contributed by atoms with E-state index >= 15 is 0 Å². The largest absolute Gasteiger partial charge is 0.382 e. The van der Waals surface area contributed by atoms with Gasteiger partial charge in [-0.05, 0) is 42.5 Å². The van der Waals surface area contributed by atoms with E-state index in [4.69, 9.17) is 0 Å². The van der Waals surface area contributed by atoms with Crippen molar-refractivity contribution in [1.82, 2.24) is 4.98 Å². The molecular weight excluding hydrogens is 208 g/mol. The van der Waals surface area contributed by atoms with Crippen LogP contribution in [0.15, 0.2) is 48.8 Å². The van der Waals surface area contributed by atoms with Crippen molar-refractivity contribution in [2.24, 2.45) is 0 Å². The summed E-state index contributed by atoms with van der Waals surface area (Å²) in [5.41, 5.74) is 4.05. The number of aromatic nitrogens is 1. The van der Waals surface area contributed by atoms with E-state index in [1.807, 2.05) is 18.5 Å². The third kappa shape index (κ3) is 2.31. The van der Waals surface area contributed by atoms with Crippen LogP contribution in [0.25, 0.3) is 0 Å². The Morgan fingerprint density at radius 2 is 2.12 bits per heavy atom. The molecule has 86 valence electrons. The highest BCUT2D eigenvalue weighted by Gasteiger charge is 2.17. The first-order valence-corrected chi connectivity index (χ1v) is 6.15. The van der Waals surface area contributed by atoms with Gasteiger partial charge < -0.3 is 5.32 Å². The average molecular weight is 224 g/mol. The van der Waals surface area contributed by atoms with Crippen LogP contribution in [0.3, 0.4) is 0 Å². The molecule has 1 aromatic carbocycles. The molecule has 2 heterocycles. The fourth-order valence-electron chi connectivity index (χ4n) is 2.46. The lowest BCUT2D eigenvalue weighted by molar-refractivity contribution is 0.627. The summed E-state index contributed by atoms with van der Waals surface area (Å²) < 4.78 is 0. The van der Waals surface area contributed by atoms with Crippen molar-refractivity contribution in [3.05, 3.63) is 59.9 Å². The highest BCUT2D eigenvalue weighted by atomic mass is 14.9. The summed E-state index contributed by atoms with van der Waals surface area (Å²) in [5.74, 6) is 0. The molecule has 2 nitrogen and oxygen atoms in total. The van der Waals surface area contributed by atoms with Crippen molar-refractivity contribution in [1.29, 1.82) is 0 Å². The molecule has 2 aromatic rings. The normalized spacial score (nSPS) is 18.2. The zero-order valence-electron chi connectivity index (χ0n) is 9.76. The summed E-state index contributed by atoms with van der Waals surface area (Å²) in [6.45, 7) is 0. The molecule has 0 amide bonds. The van der Waals surface area contributed by atoms with Crippen molar-refractivity contribution in [2.45, 2.75) is 25.3 Å². The van der Waals surface area contributed by atoms with Gasteiger partial charge in [0.25, 0.3) is 0 Å². The van der Waals surface area contributed by atoms with Gasteiger partial charge in [-0.3, -0.25) is 4.98 Å². The molecule has 0 spiro atoms. The molecule has 0 radical (unpaired) electrons. The van der Waals surface area contributed by atoms with E-state index < -0.39 is 0 Å². The van der Waals surface area contributed by atoms with Crippen LogP contribution in [0, 0.1) is 0 Å². The number of benzene rings is 1. The molecule has 1 unspecified atom stereocenters. The summed E-state index contributed by atoms with van der Waals surface area (Å²) in [5, 5.41) is 3.62. The highest BCUT2D eigenvalue weighted by Crippen LogP contribution is 2.25.